The molecular formula is C18H22FN3O2S. The second kappa shape index (κ2) is 7.09. The first-order valence-corrected chi connectivity index (χ1v) is 9.93. The highest BCUT2D eigenvalue weighted by molar-refractivity contribution is 7.89. The number of rotatable bonds is 5. The minimum Gasteiger partial charge on any atom is -0.368 e. The molecule has 0 spiro atoms. The van der Waals surface area contributed by atoms with Gasteiger partial charge in [-0.2, -0.15) is 0 Å². The highest BCUT2D eigenvalue weighted by Crippen LogP contribution is 2.40. The van der Waals surface area contributed by atoms with E-state index in [1.165, 1.54) is 24.4 Å². The normalized spacial score (nSPS) is 17.2. The summed E-state index contributed by atoms with van der Waals surface area (Å²) < 4.78 is 37.2. The molecule has 0 saturated heterocycles. The summed E-state index contributed by atoms with van der Waals surface area (Å²) in [6, 6.07) is 9.64. The number of sulfonamides is 1. The number of primary sulfonamides is 1. The summed E-state index contributed by atoms with van der Waals surface area (Å²) in [5.74, 6) is -0.0168. The second-order valence-electron chi connectivity index (χ2n) is 6.60. The van der Waals surface area contributed by atoms with Gasteiger partial charge in [0.15, 0.2) is 0 Å². The molecule has 1 aromatic heterocycles. The molecule has 0 radical (unpaired) electrons. The van der Waals surface area contributed by atoms with E-state index in [2.05, 4.69) is 10.3 Å². The third-order valence-corrected chi connectivity index (χ3v) is 5.86. The number of halogens is 1. The summed E-state index contributed by atoms with van der Waals surface area (Å²) in [5, 5.41) is 8.43. The van der Waals surface area contributed by atoms with Crippen molar-refractivity contribution in [2.75, 3.05) is 11.9 Å². The lowest BCUT2D eigenvalue weighted by Crippen LogP contribution is -2.37. The summed E-state index contributed by atoms with van der Waals surface area (Å²) >= 11 is 0. The smallest absolute Gasteiger partial charge is 0.241 e. The standard InChI is InChI=1S/C18H22FN3O2S/c19-15-7-4-6-14(12-15)18(9-2-1-3-10-18)13-22-17-16(25(20,23)24)8-5-11-21-17/h4-8,11-12H,1-3,9-10,13H2,(H,21,22)(H2,20,23,24). The molecule has 1 aliphatic carbocycles. The molecule has 0 unspecified atom stereocenters. The first-order chi connectivity index (χ1) is 11.9. The molecule has 0 atom stereocenters. The predicted molar refractivity (Wildman–Crippen MR) is 95.3 cm³/mol. The summed E-state index contributed by atoms with van der Waals surface area (Å²) in [4.78, 5) is 4.10. The van der Waals surface area contributed by atoms with Crippen LogP contribution in [0, 0.1) is 5.82 Å². The Morgan fingerprint density at radius 3 is 2.60 bits per heavy atom. The summed E-state index contributed by atoms with van der Waals surface area (Å²) in [6.07, 6.45) is 6.63. The largest absolute Gasteiger partial charge is 0.368 e. The maximum absolute atomic E-state index is 13.7. The van der Waals surface area contributed by atoms with E-state index < -0.39 is 10.0 Å². The SMILES string of the molecule is NS(=O)(=O)c1cccnc1NCC1(c2cccc(F)c2)CCCCC1. The topological polar surface area (TPSA) is 85.1 Å². The molecule has 134 valence electrons. The molecule has 1 aromatic carbocycles. The summed E-state index contributed by atoms with van der Waals surface area (Å²) in [5.41, 5.74) is 0.695. The molecule has 2 aromatic rings. The van der Waals surface area contributed by atoms with Gasteiger partial charge < -0.3 is 5.32 Å². The third-order valence-electron chi connectivity index (χ3n) is 4.92. The van der Waals surface area contributed by atoms with Gasteiger partial charge in [-0.05, 0) is 42.7 Å². The van der Waals surface area contributed by atoms with Gasteiger partial charge in [-0.1, -0.05) is 31.4 Å². The fourth-order valence-electron chi connectivity index (χ4n) is 3.62. The number of nitrogens with one attached hydrogen (secondary N) is 1. The molecule has 25 heavy (non-hydrogen) atoms. The average molecular weight is 363 g/mol. The van der Waals surface area contributed by atoms with Crippen LogP contribution in [0.3, 0.4) is 0 Å². The minimum atomic E-state index is -3.86. The fraction of sp³-hybridized carbons (Fsp3) is 0.389. The Morgan fingerprint density at radius 2 is 1.92 bits per heavy atom. The van der Waals surface area contributed by atoms with Crippen molar-refractivity contribution in [3.05, 3.63) is 54.0 Å². The summed E-state index contributed by atoms with van der Waals surface area (Å²) in [7, 11) is -3.86. The Hall–Kier alpha value is -1.99. The lowest BCUT2D eigenvalue weighted by molar-refractivity contribution is 0.306. The van der Waals surface area contributed by atoms with Crippen LogP contribution in [-0.4, -0.2) is 19.9 Å². The Labute approximate surface area is 147 Å². The van der Waals surface area contributed by atoms with Crippen LogP contribution in [0.5, 0.6) is 0 Å². The van der Waals surface area contributed by atoms with E-state index in [-0.39, 0.29) is 21.9 Å². The number of anilines is 1. The van der Waals surface area contributed by atoms with E-state index >= 15 is 0 Å². The highest BCUT2D eigenvalue weighted by atomic mass is 32.2. The molecule has 3 N–H and O–H groups in total. The summed E-state index contributed by atoms with van der Waals surface area (Å²) in [6.45, 7) is 0.482. The van der Waals surface area contributed by atoms with E-state index in [1.54, 1.807) is 12.1 Å². The van der Waals surface area contributed by atoms with Crippen LogP contribution in [-0.2, 0) is 15.4 Å². The molecule has 5 nitrogen and oxygen atoms in total. The minimum absolute atomic E-state index is 0.0276. The van der Waals surface area contributed by atoms with Gasteiger partial charge in [-0.15, -0.1) is 0 Å². The lowest BCUT2D eigenvalue weighted by Gasteiger charge is -2.38. The van der Waals surface area contributed by atoms with Crippen molar-refractivity contribution >= 4 is 15.8 Å². The van der Waals surface area contributed by atoms with Gasteiger partial charge in [0.25, 0.3) is 0 Å². The van der Waals surface area contributed by atoms with Crippen LogP contribution < -0.4 is 10.5 Å². The van der Waals surface area contributed by atoms with Crippen molar-refractivity contribution in [2.24, 2.45) is 5.14 Å². The average Bonchev–Trinajstić information content (AvgIpc) is 2.60. The van der Waals surface area contributed by atoms with Gasteiger partial charge in [0.05, 0.1) is 0 Å². The zero-order chi connectivity index (χ0) is 17.9. The van der Waals surface area contributed by atoms with E-state index in [1.807, 2.05) is 6.07 Å². The Kier molecular flexibility index (Phi) is 5.06. The number of nitrogens with two attached hydrogens (primary N) is 1. The second-order valence-corrected chi connectivity index (χ2v) is 8.13. The quantitative estimate of drug-likeness (QED) is 0.854. The maximum Gasteiger partial charge on any atom is 0.241 e. The van der Waals surface area contributed by atoms with Crippen molar-refractivity contribution < 1.29 is 12.8 Å². The third kappa shape index (κ3) is 3.99. The molecular weight excluding hydrogens is 341 g/mol. The van der Waals surface area contributed by atoms with Crippen molar-refractivity contribution in [3.8, 4) is 0 Å². The van der Waals surface area contributed by atoms with E-state index in [0.29, 0.717) is 6.54 Å². The number of aromatic nitrogens is 1. The van der Waals surface area contributed by atoms with Crippen LogP contribution >= 0.6 is 0 Å². The molecule has 7 heteroatoms. The maximum atomic E-state index is 13.7. The molecule has 0 bridgehead atoms. The molecule has 1 heterocycles. The van der Waals surface area contributed by atoms with Crippen LogP contribution in [0.25, 0.3) is 0 Å². The van der Waals surface area contributed by atoms with Crippen LogP contribution in [0.2, 0.25) is 0 Å². The van der Waals surface area contributed by atoms with E-state index in [0.717, 1.165) is 37.7 Å². The van der Waals surface area contributed by atoms with Crippen LogP contribution in [0.4, 0.5) is 10.2 Å². The molecule has 1 aliphatic rings. The first-order valence-electron chi connectivity index (χ1n) is 8.38. The molecule has 1 fully saturated rings. The lowest BCUT2D eigenvalue weighted by atomic mass is 9.69. The van der Waals surface area contributed by atoms with Gasteiger partial charge in [-0.3, -0.25) is 0 Å². The zero-order valence-electron chi connectivity index (χ0n) is 13.9. The monoisotopic (exact) mass is 363 g/mol. The molecule has 0 amide bonds. The van der Waals surface area contributed by atoms with Gasteiger partial charge in [0.2, 0.25) is 10.0 Å². The van der Waals surface area contributed by atoms with Gasteiger partial charge >= 0.3 is 0 Å². The number of hydrogen-bond acceptors (Lipinski definition) is 4. The number of benzene rings is 1. The van der Waals surface area contributed by atoms with Crippen molar-refractivity contribution in [1.82, 2.24) is 4.98 Å². The molecule has 0 aliphatic heterocycles. The van der Waals surface area contributed by atoms with Gasteiger partial charge in [0.1, 0.15) is 16.5 Å². The molecule has 1 saturated carbocycles. The zero-order valence-corrected chi connectivity index (χ0v) is 14.7. The van der Waals surface area contributed by atoms with E-state index in [4.69, 9.17) is 5.14 Å². The Bertz CT molecular complexity index is 849. The highest BCUT2D eigenvalue weighted by Gasteiger charge is 2.34. The number of pyridine rings is 1. The fourth-order valence-corrected chi connectivity index (χ4v) is 4.28. The van der Waals surface area contributed by atoms with Crippen molar-refractivity contribution in [3.63, 3.8) is 0 Å². The molecule has 3 rings (SSSR count). The van der Waals surface area contributed by atoms with Crippen LogP contribution in [0.1, 0.15) is 37.7 Å². The van der Waals surface area contributed by atoms with Crippen molar-refractivity contribution in [1.29, 1.82) is 0 Å². The number of nitrogens with zero attached hydrogens (tertiary/aromatic N) is 1. The first kappa shape index (κ1) is 17.8. The predicted octanol–water partition coefficient (Wildman–Crippen LogP) is 3.18. The Balaban J connectivity index is 1.91. The number of hydrogen-bond donors (Lipinski definition) is 2. The van der Waals surface area contributed by atoms with Gasteiger partial charge in [0, 0.05) is 18.2 Å². The van der Waals surface area contributed by atoms with E-state index in [9.17, 15) is 12.8 Å². The Morgan fingerprint density at radius 1 is 1.16 bits per heavy atom. The van der Waals surface area contributed by atoms with Crippen molar-refractivity contribution in [2.45, 2.75) is 42.4 Å². The van der Waals surface area contributed by atoms with Crippen LogP contribution in [0.15, 0.2) is 47.5 Å². The van der Waals surface area contributed by atoms with Gasteiger partial charge in [-0.25, -0.2) is 22.9 Å².